The molecule has 0 atom stereocenters. The van der Waals surface area contributed by atoms with Crippen molar-refractivity contribution in [3.05, 3.63) is 11.8 Å². The Hall–Kier alpha value is -1.50. The predicted octanol–water partition coefficient (Wildman–Crippen LogP) is 1.41. The van der Waals surface area contributed by atoms with E-state index in [2.05, 4.69) is 10.2 Å². The van der Waals surface area contributed by atoms with E-state index in [-0.39, 0.29) is 11.5 Å². The lowest BCUT2D eigenvalue weighted by atomic mass is 10.1. The Morgan fingerprint density at radius 3 is 2.69 bits per heavy atom. The van der Waals surface area contributed by atoms with E-state index in [1.54, 1.807) is 6.20 Å². The highest BCUT2D eigenvalue weighted by Gasteiger charge is 2.12. The van der Waals surface area contributed by atoms with Gasteiger partial charge in [-0.3, -0.25) is 4.79 Å². The third kappa shape index (κ3) is 3.93. The van der Waals surface area contributed by atoms with Gasteiger partial charge in [-0.25, -0.2) is 0 Å². The largest absolute Gasteiger partial charge is 0.376 e. The van der Waals surface area contributed by atoms with Crippen molar-refractivity contribution < 1.29 is 4.79 Å². The molecule has 1 saturated heterocycles. The number of amides is 1. The number of nitrogens with zero attached hydrogens (tertiary/aromatic N) is 2. The van der Waals surface area contributed by atoms with Crippen LogP contribution in [0.1, 0.15) is 32.6 Å². The summed E-state index contributed by atoms with van der Waals surface area (Å²) in [5, 5.41) is 11.6. The van der Waals surface area contributed by atoms with Crippen LogP contribution in [0.2, 0.25) is 0 Å². The molecule has 0 aromatic carbocycles. The molecule has 1 heterocycles. The molecule has 0 unspecified atom stereocenters. The van der Waals surface area contributed by atoms with Crippen LogP contribution in [0.5, 0.6) is 0 Å². The Bertz CT molecular complexity index is 298. The number of carbonyl (C=O) groups excluding carboxylic acids is 1. The minimum absolute atomic E-state index is 0.218. The fourth-order valence-electron chi connectivity index (χ4n) is 1.70. The molecular weight excluding hydrogens is 202 g/mol. The molecule has 16 heavy (non-hydrogen) atoms. The smallest absolute Gasteiger partial charge is 0.263 e. The number of hydrogen-bond acceptors (Lipinski definition) is 3. The van der Waals surface area contributed by atoms with Crippen molar-refractivity contribution in [3.8, 4) is 6.07 Å². The summed E-state index contributed by atoms with van der Waals surface area (Å²) < 4.78 is 0. The second kappa shape index (κ2) is 6.89. The molecule has 1 rings (SSSR count). The van der Waals surface area contributed by atoms with Crippen molar-refractivity contribution in [2.75, 3.05) is 19.6 Å². The van der Waals surface area contributed by atoms with Gasteiger partial charge in [0, 0.05) is 25.8 Å². The number of nitriles is 1. The van der Waals surface area contributed by atoms with E-state index in [4.69, 9.17) is 5.26 Å². The maximum absolute atomic E-state index is 11.6. The standard InChI is InChI=1S/C12H19N3O/c1-2-6-14-12(16)11(9-13)10-15-7-4-3-5-8-15/h10H,2-8H2,1H3,(H,14,16)/b11-10-. The Morgan fingerprint density at radius 2 is 2.12 bits per heavy atom. The van der Waals surface area contributed by atoms with E-state index in [9.17, 15) is 4.79 Å². The molecule has 4 heteroatoms. The lowest BCUT2D eigenvalue weighted by molar-refractivity contribution is -0.117. The molecule has 1 aliphatic rings. The Morgan fingerprint density at radius 1 is 1.44 bits per heavy atom. The highest BCUT2D eigenvalue weighted by molar-refractivity contribution is 5.97. The summed E-state index contributed by atoms with van der Waals surface area (Å²) in [6.07, 6.45) is 6.12. The molecule has 0 aromatic rings. The zero-order valence-corrected chi connectivity index (χ0v) is 9.83. The fraction of sp³-hybridized carbons (Fsp3) is 0.667. The number of hydrogen-bond donors (Lipinski definition) is 1. The van der Waals surface area contributed by atoms with Gasteiger partial charge in [0.15, 0.2) is 0 Å². The van der Waals surface area contributed by atoms with Crippen LogP contribution in [-0.4, -0.2) is 30.4 Å². The molecule has 88 valence electrons. The first-order valence-corrected chi connectivity index (χ1v) is 5.92. The van der Waals surface area contributed by atoms with Crippen LogP contribution >= 0.6 is 0 Å². The highest BCUT2D eigenvalue weighted by atomic mass is 16.1. The zero-order chi connectivity index (χ0) is 11.8. The number of nitrogens with one attached hydrogen (secondary N) is 1. The topological polar surface area (TPSA) is 56.1 Å². The molecular formula is C12H19N3O. The summed E-state index contributed by atoms with van der Waals surface area (Å²) >= 11 is 0. The number of rotatable bonds is 4. The average molecular weight is 221 g/mol. The summed E-state index contributed by atoms with van der Waals surface area (Å²) in [5.74, 6) is -0.255. The Kier molecular flexibility index (Phi) is 5.41. The molecule has 0 saturated carbocycles. The quantitative estimate of drug-likeness (QED) is 0.577. The number of likely N-dealkylation sites (tertiary alicyclic amines) is 1. The highest BCUT2D eigenvalue weighted by Crippen LogP contribution is 2.10. The monoisotopic (exact) mass is 221 g/mol. The van der Waals surface area contributed by atoms with Crippen LogP contribution in [0.4, 0.5) is 0 Å². The van der Waals surface area contributed by atoms with Crippen molar-refractivity contribution in [3.63, 3.8) is 0 Å². The minimum Gasteiger partial charge on any atom is -0.376 e. The molecule has 0 bridgehead atoms. The molecule has 1 fully saturated rings. The van der Waals surface area contributed by atoms with Crippen LogP contribution in [-0.2, 0) is 4.79 Å². The maximum Gasteiger partial charge on any atom is 0.263 e. The van der Waals surface area contributed by atoms with Crippen molar-refractivity contribution in [2.45, 2.75) is 32.6 Å². The summed E-state index contributed by atoms with van der Waals surface area (Å²) in [5.41, 5.74) is 0.218. The van der Waals surface area contributed by atoms with Crippen LogP contribution in [0.3, 0.4) is 0 Å². The van der Waals surface area contributed by atoms with Crippen LogP contribution in [0, 0.1) is 11.3 Å². The second-order valence-electron chi connectivity index (χ2n) is 4.01. The zero-order valence-electron chi connectivity index (χ0n) is 9.83. The van der Waals surface area contributed by atoms with Gasteiger partial charge in [0.1, 0.15) is 11.6 Å². The SMILES string of the molecule is CCCNC(=O)/C(C#N)=C\N1CCCCC1. The van der Waals surface area contributed by atoms with Gasteiger partial charge in [0.2, 0.25) is 0 Å². The van der Waals surface area contributed by atoms with Crippen LogP contribution < -0.4 is 5.32 Å². The lowest BCUT2D eigenvalue weighted by Crippen LogP contribution is -2.29. The molecule has 1 aliphatic heterocycles. The van der Waals surface area contributed by atoms with Gasteiger partial charge in [0.25, 0.3) is 5.91 Å². The van der Waals surface area contributed by atoms with Crippen molar-refractivity contribution >= 4 is 5.91 Å². The molecule has 1 amide bonds. The molecule has 0 aromatic heterocycles. The Balaban J connectivity index is 2.54. The minimum atomic E-state index is -0.255. The van der Waals surface area contributed by atoms with Crippen LogP contribution in [0.15, 0.2) is 11.8 Å². The van der Waals surface area contributed by atoms with Crippen molar-refractivity contribution in [1.29, 1.82) is 5.26 Å². The second-order valence-corrected chi connectivity index (χ2v) is 4.01. The molecule has 0 spiro atoms. The number of carbonyl (C=O) groups is 1. The van der Waals surface area contributed by atoms with E-state index in [1.165, 1.54) is 6.42 Å². The van der Waals surface area contributed by atoms with Crippen molar-refractivity contribution in [1.82, 2.24) is 10.2 Å². The van der Waals surface area contributed by atoms with E-state index in [0.717, 1.165) is 32.4 Å². The number of piperidine rings is 1. The van der Waals surface area contributed by atoms with Crippen LogP contribution in [0.25, 0.3) is 0 Å². The van der Waals surface area contributed by atoms with E-state index in [1.807, 2.05) is 13.0 Å². The van der Waals surface area contributed by atoms with E-state index >= 15 is 0 Å². The van der Waals surface area contributed by atoms with Gasteiger partial charge in [-0.2, -0.15) is 5.26 Å². The van der Waals surface area contributed by atoms with Gasteiger partial charge < -0.3 is 10.2 Å². The van der Waals surface area contributed by atoms with Crippen molar-refractivity contribution in [2.24, 2.45) is 0 Å². The third-order valence-corrected chi connectivity index (χ3v) is 2.60. The summed E-state index contributed by atoms with van der Waals surface area (Å²) in [4.78, 5) is 13.6. The van der Waals surface area contributed by atoms with Gasteiger partial charge in [-0.05, 0) is 25.7 Å². The first kappa shape index (κ1) is 12.6. The first-order valence-electron chi connectivity index (χ1n) is 5.92. The molecule has 4 nitrogen and oxygen atoms in total. The molecule has 0 aliphatic carbocycles. The average Bonchev–Trinajstić information content (AvgIpc) is 2.34. The third-order valence-electron chi connectivity index (χ3n) is 2.60. The normalized spacial score (nSPS) is 16.8. The van der Waals surface area contributed by atoms with Gasteiger partial charge in [-0.15, -0.1) is 0 Å². The van der Waals surface area contributed by atoms with Gasteiger partial charge in [0.05, 0.1) is 0 Å². The predicted molar refractivity (Wildman–Crippen MR) is 62.4 cm³/mol. The maximum atomic E-state index is 11.6. The Labute approximate surface area is 96.9 Å². The fourth-order valence-corrected chi connectivity index (χ4v) is 1.70. The summed E-state index contributed by atoms with van der Waals surface area (Å²) in [7, 11) is 0. The van der Waals surface area contributed by atoms with Gasteiger partial charge in [-0.1, -0.05) is 6.92 Å². The van der Waals surface area contributed by atoms with Gasteiger partial charge >= 0.3 is 0 Å². The first-order chi connectivity index (χ1) is 7.77. The molecule has 0 radical (unpaired) electrons. The molecule has 1 N–H and O–H groups in total. The van der Waals surface area contributed by atoms with E-state index < -0.39 is 0 Å². The summed E-state index contributed by atoms with van der Waals surface area (Å²) in [6.45, 7) is 4.51. The van der Waals surface area contributed by atoms with E-state index in [0.29, 0.717) is 6.54 Å². The summed E-state index contributed by atoms with van der Waals surface area (Å²) in [6, 6.07) is 1.97. The lowest BCUT2D eigenvalue weighted by Gasteiger charge is -2.25.